The van der Waals surface area contributed by atoms with Crippen molar-refractivity contribution in [3.63, 3.8) is 0 Å². The summed E-state index contributed by atoms with van der Waals surface area (Å²) in [6, 6.07) is 1.29. The van der Waals surface area contributed by atoms with E-state index in [0.29, 0.717) is 17.5 Å². The van der Waals surface area contributed by atoms with Crippen molar-refractivity contribution in [1.29, 1.82) is 0 Å². The quantitative estimate of drug-likeness (QED) is 0.559. The first-order chi connectivity index (χ1) is 9.44. The van der Waals surface area contributed by atoms with Gasteiger partial charge < -0.3 is 10.2 Å². The summed E-state index contributed by atoms with van der Waals surface area (Å²) in [7, 11) is 0. The standard InChI is InChI=1S/C18H40N2/c1-8-12-13-20(17(7)9-2)15-18(10-3,11-4)14-19-16(5)6/h16-17,19H,8-15H2,1-7H3. The molecule has 0 bridgehead atoms. The first kappa shape index (κ1) is 19.9. The normalized spacial score (nSPS) is 14.2. The lowest BCUT2D eigenvalue weighted by Crippen LogP contribution is -2.47. The van der Waals surface area contributed by atoms with Crippen molar-refractivity contribution >= 4 is 0 Å². The third kappa shape index (κ3) is 7.08. The van der Waals surface area contributed by atoms with Crippen molar-refractivity contribution in [2.75, 3.05) is 19.6 Å². The second kappa shape index (κ2) is 10.6. The number of unbranched alkanes of at least 4 members (excludes halogenated alkanes) is 1. The lowest BCUT2D eigenvalue weighted by Gasteiger charge is -2.40. The average Bonchev–Trinajstić information content (AvgIpc) is 2.46. The third-order valence-corrected chi connectivity index (χ3v) is 4.94. The summed E-state index contributed by atoms with van der Waals surface area (Å²) in [6.45, 7) is 19.9. The molecule has 0 aromatic carbocycles. The van der Waals surface area contributed by atoms with Crippen LogP contribution < -0.4 is 5.32 Å². The molecular weight excluding hydrogens is 244 g/mol. The van der Waals surface area contributed by atoms with Gasteiger partial charge in [-0.25, -0.2) is 0 Å². The minimum absolute atomic E-state index is 0.432. The summed E-state index contributed by atoms with van der Waals surface area (Å²) in [5.74, 6) is 0. The van der Waals surface area contributed by atoms with Gasteiger partial charge in [0.15, 0.2) is 0 Å². The van der Waals surface area contributed by atoms with Crippen molar-refractivity contribution in [1.82, 2.24) is 10.2 Å². The molecule has 0 fully saturated rings. The van der Waals surface area contributed by atoms with E-state index >= 15 is 0 Å². The van der Waals surface area contributed by atoms with Gasteiger partial charge in [-0.15, -0.1) is 0 Å². The zero-order chi connectivity index (χ0) is 15.6. The van der Waals surface area contributed by atoms with Crippen LogP contribution in [0.15, 0.2) is 0 Å². The maximum absolute atomic E-state index is 3.68. The predicted molar refractivity (Wildman–Crippen MR) is 92.4 cm³/mol. The maximum atomic E-state index is 3.68. The van der Waals surface area contributed by atoms with Gasteiger partial charge in [-0.2, -0.15) is 0 Å². The minimum Gasteiger partial charge on any atom is -0.314 e. The van der Waals surface area contributed by atoms with Gasteiger partial charge in [0.1, 0.15) is 0 Å². The Morgan fingerprint density at radius 3 is 2.00 bits per heavy atom. The van der Waals surface area contributed by atoms with E-state index in [2.05, 4.69) is 58.7 Å². The highest BCUT2D eigenvalue weighted by atomic mass is 15.2. The summed E-state index contributed by atoms with van der Waals surface area (Å²) in [4.78, 5) is 2.73. The Balaban J connectivity index is 4.77. The molecule has 20 heavy (non-hydrogen) atoms. The molecule has 0 aromatic heterocycles. The highest BCUT2D eigenvalue weighted by molar-refractivity contribution is 4.85. The molecule has 0 saturated carbocycles. The average molecular weight is 285 g/mol. The van der Waals surface area contributed by atoms with Gasteiger partial charge in [0, 0.05) is 25.2 Å². The zero-order valence-corrected chi connectivity index (χ0v) is 15.3. The summed E-state index contributed by atoms with van der Waals surface area (Å²) in [5.41, 5.74) is 0.432. The molecule has 0 rings (SSSR count). The van der Waals surface area contributed by atoms with Gasteiger partial charge in [-0.3, -0.25) is 0 Å². The minimum atomic E-state index is 0.432. The molecule has 2 heteroatoms. The molecule has 0 aliphatic carbocycles. The van der Waals surface area contributed by atoms with Gasteiger partial charge in [0.2, 0.25) is 0 Å². The highest BCUT2D eigenvalue weighted by Gasteiger charge is 2.30. The smallest absolute Gasteiger partial charge is 0.00645 e. The maximum Gasteiger partial charge on any atom is 0.00645 e. The lowest BCUT2D eigenvalue weighted by atomic mass is 9.81. The molecule has 0 spiro atoms. The molecule has 2 nitrogen and oxygen atoms in total. The Hall–Kier alpha value is -0.0800. The highest BCUT2D eigenvalue weighted by Crippen LogP contribution is 2.28. The number of nitrogens with zero attached hydrogens (tertiary/aromatic N) is 1. The molecule has 1 unspecified atom stereocenters. The molecule has 0 aliphatic heterocycles. The monoisotopic (exact) mass is 284 g/mol. The molecule has 0 aliphatic rings. The lowest BCUT2D eigenvalue weighted by molar-refractivity contribution is 0.0987. The number of rotatable bonds is 12. The first-order valence-corrected chi connectivity index (χ1v) is 8.92. The van der Waals surface area contributed by atoms with E-state index in [1.807, 2.05) is 0 Å². The summed E-state index contributed by atoms with van der Waals surface area (Å²) in [6.07, 6.45) is 6.41. The second-order valence-electron chi connectivity index (χ2n) is 6.82. The third-order valence-electron chi connectivity index (χ3n) is 4.94. The summed E-state index contributed by atoms with van der Waals surface area (Å²) in [5, 5.41) is 3.68. The Morgan fingerprint density at radius 2 is 1.60 bits per heavy atom. The molecule has 1 atom stereocenters. The van der Waals surface area contributed by atoms with Crippen molar-refractivity contribution in [3.8, 4) is 0 Å². The zero-order valence-electron chi connectivity index (χ0n) is 15.3. The number of hydrogen-bond donors (Lipinski definition) is 1. The Kier molecular flexibility index (Phi) is 10.6. The fraction of sp³-hybridized carbons (Fsp3) is 1.00. The van der Waals surface area contributed by atoms with E-state index in [0.717, 1.165) is 6.54 Å². The van der Waals surface area contributed by atoms with E-state index in [4.69, 9.17) is 0 Å². The van der Waals surface area contributed by atoms with Crippen molar-refractivity contribution in [3.05, 3.63) is 0 Å². The van der Waals surface area contributed by atoms with Crippen LogP contribution in [-0.2, 0) is 0 Å². The van der Waals surface area contributed by atoms with Crippen LogP contribution in [0.5, 0.6) is 0 Å². The molecule has 0 radical (unpaired) electrons. The Bertz CT molecular complexity index is 221. The van der Waals surface area contributed by atoms with E-state index in [1.165, 1.54) is 45.2 Å². The van der Waals surface area contributed by atoms with Crippen molar-refractivity contribution in [2.45, 2.75) is 92.7 Å². The number of nitrogens with one attached hydrogen (secondary N) is 1. The van der Waals surface area contributed by atoms with Crippen molar-refractivity contribution < 1.29 is 0 Å². The van der Waals surface area contributed by atoms with Crippen LogP contribution in [0.3, 0.4) is 0 Å². The Labute approximate surface area is 128 Å². The predicted octanol–water partition coefficient (Wildman–Crippen LogP) is 4.69. The van der Waals surface area contributed by atoms with Crippen molar-refractivity contribution in [2.24, 2.45) is 5.41 Å². The molecular formula is C18H40N2. The van der Waals surface area contributed by atoms with Gasteiger partial charge in [-0.05, 0) is 44.6 Å². The van der Waals surface area contributed by atoms with Crippen LogP contribution in [-0.4, -0.2) is 36.6 Å². The van der Waals surface area contributed by atoms with E-state index in [-0.39, 0.29) is 0 Å². The van der Waals surface area contributed by atoms with E-state index in [1.54, 1.807) is 0 Å². The fourth-order valence-corrected chi connectivity index (χ4v) is 2.71. The molecule has 0 aromatic rings. The fourth-order valence-electron chi connectivity index (χ4n) is 2.71. The molecule has 1 N–H and O–H groups in total. The Morgan fingerprint density at radius 1 is 1.00 bits per heavy atom. The number of hydrogen-bond acceptors (Lipinski definition) is 2. The molecule has 122 valence electrons. The topological polar surface area (TPSA) is 15.3 Å². The van der Waals surface area contributed by atoms with Crippen LogP contribution >= 0.6 is 0 Å². The summed E-state index contributed by atoms with van der Waals surface area (Å²) >= 11 is 0. The largest absolute Gasteiger partial charge is 0.314 e. The molecule has 0 saturated heterocycles. The van der Waals surface area contributed by atoms with Crippen LogP contribution in [0.1, 0.15) is 80.6 Å². The van der Waals surface area contributed by atoms with Gasteiger partial charge in [0.05, 0.1) is 0 Å². The first-order valence-electron chi connectivity index (χ1n) is 8.92. The van der Waals surface area contributed by atoms with Crippen LogP contribution in [0.2, 0.25) is 0 Å². The van der Waals surface area contributed by atoms with Crippen LogP contribution in [0.25, 0.3) is 0 Å². The SMILES string of the molecule is CCCCN(CC(CC)(CC)CNC(C)C)C(C)CC. The van der Waals surface area contributed by atoms with Crippen LogP contribution in [0.4, 0.5) is 0 Å². The van der Waals surface area contributed by atoms with Crippen LogP contribution in [0, 0.1) is 5.41 Å². The molecule has 0 heterocycles. The van der Waals surface area contributed by atoms with Gasteiger partial charge in [-0.1, -0.05) is 48.0 Å². The summed E-state index contributed by atoms with van der Waals surface area (Å²) < 4.78 is 0. The molecule has 0 amide bonds. The van der Waals surface area contributed by atoms with E-state index < -0.39 is 0 Å². The second-order valence-corrected chi connectivity index (χ2v) is 6.82. The van der Waals surface area contributed by atoms with E-state index in [9.17, 15) is 0 Å². The van der Waals surface area contributed by atoms with Gasteiger partial charge >= 0.3 is 0 Å². The van der Waals surface area contributed by atoms with Gasteiger partial charge in [0.25, 0.3) is 0 Å².